The van der Waals surface area contributed by atoms with Gasteiger partial charge in [-0.25, -0.2) is 9.97 Å². The first kappa shape index (κ1) is 47.8. The zero-order valence-corrected chi connectivity index (χ0v) is 42.1. The highest BCUT2D eigenvalue weighted by Gasteiger charge is 2.27. The number of halogens is 1. The van der Waals surface area contributed by atoms with Crippen molar-refractivity contribution in [3.8, 4) is 81.1 Å². The Morgan fingerprint density at radius 2 is 0.934 bits per heavy atom. The van der Waals surface area contributed by atoms with E-state index in [1.165, 1.54) is 5.56 Å². The molecule has 0 fully saturated rings. The van der Waals surface area contributed by atoms with E-state index in [2.05, 4.69) is 44.1 Å². The molecule has 6 aromatic carbocycles. The summed E-state index contributed by atoms with van der Waals surface area (Å²) in [5.74, 6) is 9.21. The van der Waals surface area contributed by atoms with Crippen LogP contribution in [0, 0.1) is 22.7 Å². The summed E-state index contributed by atoms with van der Waals surface area (Å²) in [7, 11) is 0. The first-order valence-electron chi connectivity index (χ1n) is 24.3. The number of pyridine rings is 2. The number of rotatable bonds is 10. The van der Waals surface area contributed by atoms with Gasteiger partial charge in [-0.2, -0.15) is 10.5 Å². The van der Waals surface area contributed by atoms with Gasteiger partial charge < -0.3 is 68.3 Å². The van der Waals surface area contributed by atoms with Crippen molar-refractivity contribution in [1.82, 2.24) is 9.97 Å². The number of anilines is 2. The van der Waals surface area contributed by atoms with Crippen molar-refractivity contribution >= 4 is 49.1 Å². The highest BCUT2D eigenvalue weighted by Crippen LogP contribution is 2.46. The quantitative estimate of drug-likeness (QED) is 0.121. The zero-order chi connectivity index (χ0) is 51.7. The van der Waals surface area contributed by atoms with Crippen LogP contribution in [0.3, 0.4) is 0 Å². The number of aryl methyl sites for hydroxylation is 5. The highest BCUT2D eigenvalue weighted by atomic mass is 79.9. The van der Waals surface area contributed by atoms with Crippen LogP contribution in [0.1, 0.15) is 51.3 Å². The third kappa shape index (κ3) is 9.26. The number of nitriles is 2. The molecule has 19 heteroatoms. The molecule has 18 nitrogen and oxygen atoms in total. The maximum absolute atomic E-state index is 9.60. The molecule has 0 bridgehead atoms. The van der Waals surface area contributed by atoms with Crippen molar-refractivity contribution in [3.63, 3.8) is 0 Å². The van der Waals surface area contributed by atoms with Crippen LogP contribution >= 0.6 is 15.9 Å². The second-order valence-electron chi connectivity index (χ2n) is 18.0. The average molecular weight is 1090 g/mol. The minimum atomic E-state index is -0.408. The molecule has 0 saturated heterocycles. The summed E-state index contributed by atoms with van der Waals surface area (Å²) in [5, 5.41) is 23.0. The number of nitrogens with two attached hydrogens (primary N) is 2. The van der Waals surface area contributed by atoms with Gasteiger partial charge in [0.2, 0.25) is 40.8 Å². The Labute approximate surface area is 443 Å². The van der Waals surface area contributed by atoms with Crippen LogP contribution in [0.25, 0.3) is 21.5 Å². The lowest BCUT2D eigenvalue weighted by Crippen LogP contribution is -2.02. The first-order valence-corrected chi connectivity index (χ1v) is 25.1. The molecule has 1 unspecified atom stereocenters. The Morgan fingerprint density at radius 1 is 0.474 bits per heavy atom. The maximum atomic E-state index is 9.60. The number of ether oxygens (including phenoxy) is 12. The van der Waals surface area contributed by atoms with Gasteiger partial charge in [0.05, 0.1) is 17.4 Å². The van der Waals surface area contributed by atoms with E-state index in [4.69, 9.17) is 68.3 Å². The minimum absolute atomic E-state index is 0.0991. The van der Waals surface area contributed by atoms with Crippen molar-refractivity contribution in [2.24, 2.45) is 0 Å². The molecule has 6 aliphatic rings. The van der Waals surface area contributed by atoms with E-state index >= 15 is 0 Å². The topological polar surface area (TPSA) is 236 Å². The third-order valence-electron chi connectivity index (χ3n) is 13.7. The molecule has 76 heavy (non-hydrogen) atoms. The molecular weight excluding hydrogens is 1040 g/mol. The van der Waals surface area contributed by atoms with E-state index in [1.54, 1.807) is 18.3 Å². The average Bonchev–Trinajstić information content (AvgIpc) is 4.35. The molecule has 382 valence electrons. The van der Waals surface area contributed by atoms with E-state index in [0.717, 1.165) is 121 Å². The monoisotopic (exact) mass is 1080 g/mol. The number of hydrogen-bond donors (Lipinski definition) is 2. The van der Waals surface area contributed by atoms with Gasteiger partial charge in [0.1, 0.15) is 27.9 Å². The molecular formula is C57H45BrN6O12. The summed E-state index contributed by atoms with van der Waals surface area (Å²) < 4.78 is 65.8. The Balaban J connectivity index is 0.000000115. The lowest BCUT2D eigenvalue weighted by atomic mass is 9.90. The fraction of sp³-hybridized carbons (Fsp3) is 0.228. The van der Waals surface area contributed by atoms with Gasteiger partial charge in [-0.1, -0.05) is 24.3 Å². The lowest BCUT2D eigenvalue weighted by molar-refractivity contribution is 0.173. The van der Waals surface area contributed by atoms with Crippen LogP contribution in [0.2, 0.25) is 0 Å². The molecule has 8 heterocycles. The molecule has 8 aromatic rings. The smallest absolute Gasteiger partial charge is 0.231 e. The van der Waals surface area contributed by atoms with Crippen LogP contribution in [-0.2, 0) is 32.1 Å². The molecule has 4 N–H and O–H groups in total. The minimum Gasteiger partial charge on any atom is -0.454 e. The normalized spacial score (nSPS) is 14.4. The molecule has 0 aliphatic carbocycles. The van der Waals surface area contributed by atoms with E-state index in [0.29, 0.717) is 57.5 Å². The van der Waals surface area contributed by atoms with Gasteiger partial charge in [0.25, 0.3) is 0 Å². The second-order valence-corrected chi connectivity index (χ2v) is 18.8. The Morgan fingerprint density at radius 3 is 1.53 bits per heavy atom. The number of nitrogens with zero attached hydrogens (tertiary/aromatic N) is 4. The van der Waals surface area contributed by atoms with Crippen LogP contribution in [-0.4, -0.2) is 50.7 Å². The fourth-order valence-electron chi connectivity index (χ4n) is 9.88. The number of fused-ring (bicyclic) bond motifs is 10. The Bertz CT molecular complexity index is 3700. The van der Waals surface area contributed by atoms with Crippen LogP contribution in [0.4, 0.5) is 11.6 Å². The maximum Gasteiger partial charge on any atom is 0.231 e. The lowest BCUT2D eigenvalue weighted by Gasteiger charge is -2.13. The summed E-state index contributed by atoms with van der Waals surface area (Å²) in [6.07, 6.45) is 6.20. The van der Waals surface area contributed by atoms with E-state index in [9.17, 15) is 10.5 Å². The number of benzene rings is 6. The third-order valence-corrected chi connectivity index (χ3v) is 14.3. The molecule has 14 rings (SSSR count). The summed E-state index contributed by atoms with van der Waals surface area (Å²) in [4.78, 5) is 8.82. The van der Waals surface area contributed by atoms with Crippen molar-refractivity contribution in [1.29, 1.82) is 10.5 Å². The summed E-state index contributed by atoms with van der Waals surface area (Å²) >= 11 is 3.51. The summed E-state index contributed by atoms with van der Waals surface area (Å²) in [5.41, 5.74) is 18.9. The van der Waals surface area contributed by atoms with Crippen LogP contribution in [0.5, 0.6) is 69.0 Å². The van der Waals surface area contributed by atoms with Gasteiger partial charge in [-0.3, -0.25) is 0 Å². The first-order chi connectivity index (χ1) is 37.3. The van der Waals surface area contributed by atoms with Crippen molar-refractivity contribution in [2.75, 3.05) is 52.2 Å². The van der Waals surface area contributed by atoms with Gasteiger partial charge in [0, 0.05) is 22.7 Å². The highest BCUT2D eigenvalue weighted by molar-refractivity contribution is 9.10. The fourth-order valence-corrected chi connectivity index (χ4v) is 10.5. The molecule has 0 radical (unpaired) electrons. The number of nitrogen functional groups attached to an aromatic ring is 2. The molecule has 0 amide bonds. The Hall–Kier alpha value is -9.20. The van der Waals surface area contributed by atoms with Gasteiger partial charge >= 0.3 is 0 Å². The van der Waals surface area contributed by atoms with Crippen LogP contribution in [0.15, 0.2) is 102 Å². The van der Waals surface area contributed by atoms with Gasteiger partial charge in [0.15, 0.2) is 69.0 Å². The Kier molecular flexibility index (Phi) is 13.0. The van der Waals surface area contributed by atoms with E-state index in [-0.39, 0.29) is 40.8 Å². The van der Waals surface area contributed by atoms with Crippen molar-refractivity contribution in [3.05, 3.63) is 141 Å². The van der Waals surface area contributed by atoms with Gasteiger partial charge in [-0.05, 0) is 154 Å². The SMILES string of the molecule is N#Cc1c(C(C#N)CCc2ccc3c(c2)OCO3)ccc2c1OCO2.Nc1nc(Br)c2c3c(ccc2c1CCc1ccc2c(c1)OCO2)OCO3.Nc1ncc2c3c(ccc2c1CCc1ccc2c(c1)OCO2)OCO3. The molecule has 6 aliphatic heterocycles. The van der Waals surface area contributed by atoms with Crippen molar-refractivity contribution in [2.45, 2.75) is 44.4 Å². The second kappa shape index (κ2) is 20.6. The zero-order valence-electron chi connectivity index (χ0n) is 40.5. The summed E-state index contributed by atoms with van der Waals surface area (Å²) in [6, 6.07) is 33.7. The summed E-state index contributed by atoms with van der Waals surface area (Å²) in [6.45, 7) is 1.36. The molecule has 2 aromatic heterocycles. The van der Waals surface area contributed by atoms with E-state index < -0.39 is 5.92 Å². The largest absolute Gasteiger partial charge is 0.454 e. The molecule has 0 spiro atoms. The van der Waals surface area contributed by atoms with E-state index in [1.807, 2.05) is 72.8 Å². The molecule has 1 atom stereocenters. The number of aromatic nitrogens is 2. The standard InChI is InChI=1S/C19H15BrN2O4.C19H16N2O4.C19H14N2O4/c20-18-16-11(4-6-14-17(16)26-9-24-14)12(19(21)22-18)3-1-10-2-5-13-15(7-10)25-8-23-13;20-19-13(3-1-11-2-5-15-17(7-11)24-9-22-15)12-4-6-16-18(25-10-23-16)14(12)8-21-19;20-8-13(3-1-12-2-5-16-18(7-12)24-10-22-16)14-4-6-17-19(15(14)9-21)25-11-23-17/h2,4-7H,1,3,8-9H2,(H2,21,22);2,4-8H,1,3,9-10H2,(H2,20,21);2,4-7,13H,1,3,10-11H2. The number of hydrogen-bond acceptors (Lipinski definition) is 18. The van der Waals surface area contributed by atoms with Gasteiger partial charge in [-0.15, -0.1) is 0 Å². The predicted molar refractivity (Wildman–Crippen MR) is 279 cm³/mol. The molecule has 0 saturated carbocycles. The predicted octanol–water partition coefficient (Wildman–Crippen LogP) is 10.1. The van der Waals surface area contributed by atoms with Crippen LogP contribution < -0.4 is 68.3 Å². The van der Waals surface area contributed by atoms with Crippen molar-refractivity contribution < 1.29 is 56.8 Å².